The Kier molecular flexibility index (Phi) is 4.10. The summed E-state index contributed by atoms with van der Waals surface area (Å²) in [5, 5.41) is 2.24. The van der Waals surface area contributed by atoms with Crippen LogP contribution in [0.15, 0.2) is 30.5 Å². The van der Waals surface area contributed by atoms with Crippen LogP contribution in [0.3, 0.4) is 0 Å². The van der Waals surface area contributed by atoms with Crippen LogP contribution in [0, 0.1) is 6.92 Å². The molecule has 0 amide bonds. The van der Waals surface area contributed by atoms with Gasteiger partial charge in [-0.15, -0.1) is 0 Å². The van der Waals surface area contributed by atoms with Crippen molar-refractivity contribution in [2.24, 2.45) is 0 Å². The van der Waals surface area contributed by atoms with Crippen LogP contribution in [0.25, 0.3) is 10.8 Å². The molecular weight excluding hydrogens is 186 g/mol. The lowest BCUT2D eigenvalue weighted by Crippen LogP contribution is -1.88. The van der Waals surface area contributed by atoms with Crippen molar-refractivity contribution in [3.8, 4) is 5.88 Å². The smallest absolute Gasteiger partial charge is 0.221 e. The van der Waals surface area contributed by atoms with E-state index in [1.165, 1.54) is 5.56 Å². The molecule has 0 bridgehead atoms. The fraction of sp³-hybridized carbons (Fsp3) is 0.308. The molecule has 0 saturated heterocycles. The second-order valence-electron chi connectivity index (χ2n) is 3.04. The van der Waals surface area contributed by atoms with Crippen molar-refractivity contribution in [1.82, 2.24) is 4.98 Å². The molecule has 2 nitrogen and oxygen atoms in total. The Morgan fingerprint density at radius 1 is 1.13 bits per heavy atom. The molecule has 1 aromatic heterocycles. The zero-order chi connectivity index (χ0) is 11.3. The van der Waals surface area contributed by atoms with Crippen LogP contribution in [0.4, 0.5) is 0 Å². The Bertz CT molecular complexity index is 437. The molecule has 0 aliphatic carbocycles. The van der Waals surface area contributed by atoms with E-state index in [2.05, 4.69) is 30.1 Å². The van der Waals surface area contributed by atoms with Crippen LogP contribution >= 0.6 is 0 Å². The molecule has 2 heteroatoms. The first-order valence-corrected chi connectivity index (χ1v) is 5.20. The maximum Gasteiger partial charge on any atom is 0.221 e. The minimum absolute atomic E-state index is 0.696. The van der Waals surface area contributed by atoms with Crippen LogP contribution in [0.1, 0.15) is 19.4 Å². The number of fused-ring (bicyclic) bond motifs is 1. The lowest BCUT2D eigenvalue weighted by molar-refractivity contribution is 0.403. The van der Waals surface area contributed by atoms with Gasteiger partial charge in [0.25, 0.3) is 0 Å². The van der Waals surface area contributed by atoms with Gasteiger partial charge in [-0.25, -0.2) is 4.98 Å². The van der Waals surface area contributed by atoms with E-state index in [1.54, 1.807) is 13.3 Å². The van der Waals surface area contributed by atoms with Crippen LogP contribution in [-0.2, 0) is 0 Å². The summed E-state index contributed by atoms with van der Waals surface area (Å²) in [6.45, 7) is 6.06. The maximum atomic E-state index is 5.17. The number of hydrogen-bond acceptors (Lipinski definition) is 2. The summed E-state index contributed by atoms with van der Waals surface area (Å²) in [4.78, 5) is 4.14. The number of rotatable bonds is 1. The average molecular weight is 203 g/mol. The van der Waals surface area contributed by atoms with Crippen molar-refractivity contribution in [2.75, 3.05) is 7.11 Å². The van der Waals surface area contributed by atoms with Gasteiger partial charge in [0.1, 0.15) is 0 Å². The second kappa shape index (κ2) is 5.35. The van der Waals surface area contributed by atoms with Crippen molar-refractivity contribution in [2.45, 2.75) is 20.8 Å². The van der Waals surface area contributed by atoms with E-state index in [0.29, 0.717) is 5.88 Å². The topological polar surface area (TPSA) is 22.1 Å². The molecule has 0 N–H and O–H groups in total. The molecule has 0 unspecified atom stereocenters. The normalized spacial score (nSPS) is 9.33. The molecule has 15 heavy (non-hydrogen) atoms. The van der Waals surface area contributed by atoms with E-state index in [1.807, 2.05) is 19.9 Å². The number of aryl methyl sites for hydroxylation is 1. The number of benzene rings is 1. The molecule has 1 heterocycles. The molecule has 0 fully saturated rings. The molecule has 0 aliphatic rings. The largest absolute Gasteiger partial charge is 0.481 e. The molecule has 2 rings (SSSR count). The molecule has 1 aromatic carbocycles. The zero-order valence-corrected chi connectivity index (χ0v) is 9.74. The predicted molar refractivity (Wildman–Crippen MR) is 64.4 cm³/mol. The van der Waals surface area contributed by atoms with E-state index in [-0.39, 0.29) is 0 Å². The first-order chi connectivity index (χ1) is 7.31. The molecule has 0 radical (unpaired) electrons. The van der Waals surface area contributed by atoms with Gasteiger partial charge < -0.3 is 4.74 Å². The number of ether oxygens (including phenoxy) is 1. The van der Waals surface area contributed by atoms with E-state index >= 15 is 0 Å². The quantitative estimate of drug-likeness (QED) is 0.706. The Morgan fingerprint density at radius 3 is 2.53 bits per heavy atom. The summed E-state index contributed by atoms with van der Waals surface area (Å²) in [5.41, 5.74) is 1.22. The summed E-state index contributed by atoms with van der Waals surface area (Å²) in [7, 11) is 1.64. The lowest BCUT2D eigenvalue weighted by atomic mass is 10.1. The first-order valence-electron chi connectivity index (χ1n) is 5.20. The summed E-state index contributed by atoms with van der Waals surface area (Å²) in [6, 6.07) is 8.23. The van der Waals surface area contributed by atoms with E-state index in [4.69, 9.17) is 4.74 Å². The lowest BCUT2D eigenvalue weighted by Gasteiger charge is -2.03. The Labute approximate surface area is 90.9 Å². The highest BCUT2D eigenvalue weighted by Gasteiger charge is 2.00. The van der Waals surface area contributed by atoms with E-state index in [0.717, 1.165) is 10.8 Å². The summed E-state index contributed by atoms with van der Waals surface area (Å²) in [5.74, 6) is 0.696. The Morgan fingerprint density at radius 2 is 1.87 bits per heavy atom. The van der Waals surface area contributed by atoms with Gasteiger partial charge >= 0.3 is 0 Å². The average Bonchev–Trinajstić information content (AvgIpc) is 2.31. The van der Waals surface area contributed by atoms with Crippen molar-refractivity contribution in [1.29, 1.82) is 0 Å². The van der Waals surface area contributed by atoms with E-state index < -0.39 is 0 Å². The molecule has 0 aliphatic heterocycles. The molecule has 0 saturated carbocycles. The van der Waals surface area contributed by atoms with Crippen molar-refractivity contribution >= 4 is 10.8 Å². The van der Waals surface area contributed by atoms with Gasteiger partial charge in [0.2, 0.25) is 5.88 Å². The van der Waals surface area contributed by atoms with E-state index in [9.17, 15) is 0 Å². The third-order valence-corrected chi connectivity index (χ3v) is 2.08. The van der Waals surface area contributed by atoms with Gasteiger partial charge in [-0.1, -0.05) is 31.5 Å². The molecule has 0 spiro atoms. The third-order valence-electron chi connectivity index (χ3n) is 2.08. The zero-order valence-electron chi connectivity index (χ0n) is 9.74. The van der Waals surface area contributed by atoms with Gasteiger partial charge in [-0.2, -0.15) is 0 Å². The second-order valence-corrected chi connectivity index (χ2v) is 3.04. The third kappa shape index (κ3) is 2.46. The summed E-state index contributed by atoms with van der Waals surface area (Å²) in [6.07, 6.45) is 1.76. The van der Waals surface area contributed by atoms with Gasteiger partial charge in [0.05, 0.1) is 7.11 Å². The van der Waals surface area contributed by atoms with Gasteiger partial charge in [0, 0.05) is 11.6 Å². The van der Waals surface area contributed by atoms with Gasteiger partial charge in [-0.05, 0) is 24.4 Å². The highest BCUT2D eigenvalue weighted by Crippen LogP contribution is 2.23. The Balaban J connectivity index is 0.000000531. The number of aromatic nitrogens is 1. The minimum Gasteiger partial charge on any atom is -0.481 e. The monoisotopic (exact) mass is 203 g/mol. The first kappa shape index (κ1) is 11.5. The Hall–Kier alpha value is -1.57. The summed E-state index contributed by atoms with van der Waals surface area (Å²) >= 11 is 0. The molecule has 0 atom stereocenters. The highest BCUT2D eigenvalue weighted by molar-refractivity contribution is 5.87. The number of pyridine rings is 1. The van der Waals surface area contributed by atoms with Gasteiger partial charge in [-0.3, -0.25) is 0 Å². The van der Waals surface area contributed by atoms with Crippen molar-refractivity contribution in [3.63, 3.8) is 0 Å². The van der Waals surface area contributed by atoms with Crippen LogP contribution in [0.2, 0.25) is 0 Å². The molecule has 80 valence electrons. The fourth-order valence-electron chi connectivity index (χ4n) is 1.42. The van der Waals surface area contributed by atoms with Crippen molar-refractivity contribution in [3.05, 3.63) is 36.0 Å². The van der Waals surface area contributed by atoms with Gasteiger partial charge in [0.15, 0.2) is 0 Å². The number of methoxy groups -OCH3 is 1. The summed E-state index contributed by atoms with van der Waals surface area (Å²) < 4.78 is 5.17. The maximum absolute atomic E-state index is 5.17. The SMILES string of the molecule is CC.COc1nccc2ccc(C)cc12. The van der Waals surface area contributed by atoms with Crippen LogP contribution < -0.4 is 4.74 Å². The van der Waals surface area contributed by atoms with Crippen LogP contribution in [-0.4, -0.2) is 12.1 Å². The molecular formula is C13H17NO. The standard InChI is InChI=1S/C11H11NO.C2H6/c1-8-3-4-9-5-6-12-11(13-2)10(9)7-8;1-2/h3-7H,1-2H3;1-2H3. The van der Waals surface area contributed by atoms with Crippen molar-refractivity contribution < 1.29 is 4.74 Å². The minimum atomic E-state index is 0.696. The number of nitrogens with zero attached hydrogens (tertiary/aromatic N) is 1. The molecule has 2 aromatic rings. The predicted octanol–water partition coefficient (Wildman–Crippen LogP) is 3.58. The highest BCUT2D eigenvalue weighted by atomic mass is 16.5. The number of hydrogen-bond donors (Lipinski definition) is 0. The van der Waals surface area contributed by atoms with Crippen LogP contribution in [0.5, 0.6) is 5.88 Å². The fourth-order valence-corrected chi connectivity index (χ4v) is 1.42.